The molecule has 0 aromatic carbocycles. The first-order valence-electron chi connectivity index (χ1n) is 3.82. The van der Waals surface area contributed by atoms with Crippen LogP contribution < -0.4 is 0 Å². The summed E-state index contributed by atoms with van der Waals surface area (Å²) in [6.45, 7) is 0. The minimum Gasteiger partial charge on any atom is -0.464 e. The van der Waals surface area contributed by atoms with E-state index in [4.69, 9.17) is 16.6 Å². The summed E-state index contributed by atoms with van der Waals surface area (Å²) in [7, 11) is 0. The van der Waals surface area contributed by atoms with Gasteiger partial charge in [0.15, 0.2) is 0 Å². The highest BCUT2D eigenvalue weighted by molar-refractivity contribution is 7.81. The molecule has 0 radical (unpaired) electrons. The van der Waals surface area contributed by atoms with Gasteiger partial charge in [-0.1, -0.05) is 30.4 Å². The molecule has 60 valence electrons. The molecule has 0 spiro atoms. The summed E-state index contributed by atoms with van der Waals surface area (Å²) in [5.41, 5.74) is 1.04. The quantitative estimate of drug-likeness (QED) is 0.610. The van der Waals surface area contributed by atoms with Gasteiger partial charge in [0.05, 0.1) is 6.26 Å². The Hall–Kier alpha value is -1.15. The van der Waals surface area contributed by atoms with Crippen LogP contribution in [-0.4, -0.2) is 4.86 Å². The van der Waals surface area contributed by atoms with Crippen LogP contribution >= 0.6 is 12.2 Å². The van der Waals surface area contributed by atoms with Crippen molar-refractivity contribution in [2.45, 2.75) is 6.42 Å². The van der Waals surface area contributed by atoms with Crippen molar-refractivity contribution in [1.82, 2.24) is 0 Å². The van der Waals surface area contributed by atoms with Crippen LogP contribution in [0.25, 0.3) is 5.57 Å². The molecule has 1 heterocycles. The van der Waals surface area contributed by atoms with Gasteiger partial charge < -0.3 is 4.42 Å². The molecule has 0 atom stereocenters. The standard InChI is InChI=1S/C10H8OS/c12-10-6-2-1-4-8(10)9-5-3-7-11-9/h1-5,7H,6H2. The number of furan rings is 1. The van der Waals surface area contributed by atoms with Crippen molar-refractivity contribution in [2.24, 2.45) is 0 Å². The molecule has 0 saturated carbocycles. The number of hydrogen-bond donors (Lipinski definition) is 0. The maximum absolute atomic E-state index is 5.25. The van der Waals surface area contributed by atoms with Gasteiger partial charge in [-0.3, -0.25) is 0 Å². The molecule has 0 saturated heterocycles. The number of hydrogen-bond acceptors (Lipinski definition) is 2. The normalized spacial score (nSPS) is 16.3. The molecule has 0 N–H and O–H groups in total. The van der Waals surface area contributed by atoms with Gasteiger partial charge in [0, 0.05) is 16.9 Å². The van der Waals surface area contributed by atoms with Crippen LogP contribution in [0, 0.1) is 0 Å². The average Bonchev–Trinajstić information content (AvgIpc) is 2.57. The monoisotopic (exact) mass is 176 g/mol. The molecular formula is C10H8OS. The Labute approximate surface area is 76.4 Å². The van der Waals surface area contributed by atoms with Gasteiger partial charge in [0.2, 0.25) is 0 Å². The van der Waals surface area contributed by atoms with Crippen LogP contribution in [0.4, 0.5) is 0 Å². The van der Waals surface area contributed by atoms with E-state index in [9.17, 15) is 0 Å². The molecule has 1 aromatic heterocycles. The molecule has 1 aromatic rings. The molecular weight excluding hydrogens is 168 g/mol. The fraction of sp³-hybridized carbons (Fsp3) is 0.100. The first-order chi connectivity index (χ1) is 5.88. The first-order valence-corrected chi connectivity index (χ1v) is 4.22. The Morgan fingerprint density at radius 3 is 3.00 bits per heavy atom. The lowest BCUT2D eigenvalue weighted by Crippen LogP contribution is -1.98. The van der Waals surface area contributed by atoms with Crippen LogP contribution in [0.1, 0.15) is 12.2 Å². The third-order valence-electron chi connectivity index (χ3n) is 1.79. The van der Waals surface area contributed by atoms with E-state index in [-0.39, 0.29) is 0 Å². The summed E-state index contributed by atoms with van der Waals surface area (Å²) in [6.07, 6.45) is 8.56. The lowest BCUT2D eigenvalue weighted by molar-refractivity contribution is 0.555. The van der Waals surface area contributed by atoms with E-state index in [2.05, 4.69) is 6.08 Å². The maximum atomic E-state index is 5.25. The number of allylic oxidation sites excluding steroid dienone is 4. The van der Waals surface area contributed by atoms with Gasteiger partial charge in [-0.15, -0.1) is 0 Å². The summed E-state index contributed by atoms with van der Waals surface area (Å²) < 4.78 is 5.25. The molecule has 1 aliphatic carbocycles. The van der Waals surface area contributed by atoms with E-state index in [0.29, 0.717) is 0 Å². The maximum Gasteiger partial charge on any atom is 0.134 e. The lowest BCUT2D eigenvalue weighted by Gasteiger charge is -2.06. The Bertz CT molecular complexity index is 344. The molecule has 0 fully saturated rings. The Balaban J connectivity index is 2.40. The zero-order valence-corrected chi connectivity index (χ0v) is 7.30. The smallest absolute Gasteiger partial charge is 0.134 e. The predicted octanol–water partition coefficient (Wildman–Crippen LogP) is 2.99. The van der Waals surface area contributed by atoms with E-state index < -0.39 is 0 Å². The topological polar surface area (TPSA) is 13.1 Å². The Kier molecular flexibility index (Phi) is 1.92. The average molecular weight is 176 g/mol. The molecule has 0 unspecified atom stereocenters. The summed E-state index contributed by atoms with van der Waals surface area (Å²) in [5, 5.41) is 0. The van der Waals surface area contributed by atoms with Crippen molar-refractivity contribution in [3.05, 3.63) is 42.4 Å². The fourth-order valence-electron chi connectivity index (χ4n) is 1.19. The summed E-state index contributed by atoms with van der Waals surface area (Å²) >= 11 is 5.20. The van der Waals surface area contributed by atoms with Gasteiger partial charge in [-0.05, 0) is 12.1 Å². The zero-order valence-electron chi connectivity index (χ0n) is 6.49. The molecule has 1 aliphatic rings. The van der Waals surface area contributed by atoms with E-state index in [1.54, 1.807) is 6.26 Å². The minimum absolute atomic E-state index is 0.849. The molecule has 0 amide bonds. The second-order valence-corrected chi connectivity index (χ2v) is 3.11. The van der Waals surface area contributed by atoms with E-state index >= 15 is 0 Å². The summed E-state index contributed by atoms with van der Waals surface area (Å²) in [4.78, 5) is 0.951. The van der Waals surface area contributed by atoms with E-state index in [1.807, 2.05) is 24.3 Å². The minimum atomic E-state index is 0.849. The second-order valence-electron chi connectivity index (χ2n) is 2.61. The highest BCUT2D eigenvalue weighted by Gasteiger charge is 2.10. The van der Waals surface area contributed by atoms with Crippen molar-refractivity contribution >= 4 is 22.7 Å². The van der Waals surface area contributed by atoms with Gasteiger partial charge in [0.25, 0.3) is 0 Å². The largest absolute Gasteiger partial charge is 0.464 e. The first kappa shape index (κ1) is 7.50. The van der Waals surface area contributed by atoms with E-state index in [0.717, 1.165) is 22.6 Å². The van der Waals surface area contributed by atoms with Crippen LogP contribution in [0.15, 0.2) is 41.0 Å². The van der Waals surface area contributed by atoms with Crippen molar-refractivity contribution in [2.75, 3.05) is 0 Å². The third-order valence-corrected chi connectivity index (χ3v) is 2.18. The van der Waals surface area contributed by atoms with Crippen LogP contribution in [-0.2, 0) is 0 Å². The highest BCUT2D eigenvalue weighted by atomic mass is 32.1. The highest BCUT2D eigenvalue weighted by Crippen LogP contribution is 2.21. The van der Waals surface area contributed by atoms with Crippen LogP contribution in [0.5, 0.6) is 0 Å². The third kappa shape index (κ3) is 1.25. The second kappa shape index (κ2) is 3.07. The van der Waals surface area contributed by atoms with Crippen molar-refractivity contribution < 1.29 is 4.42 Å². The summed E-state index contributed by atoms with van der Waals surface area (Å²) in [5.74, 6) is 0.865. The molecule has 1 nitrogen and oxygen atoms in total. The molecule has 12 heavy (non-hydrogen) atoms. The SMILES string of the molecule is S=C1CC=CC=C1c1ccco1. The Morgan fingerprint density at radius 2 is 2.33 bits per heavy atom. The van der Waals surface area contributed by atoms with Gasteiger partial charge in [-0.2, -0.15) is 0 Å². The van der Waals surface area contributed by atoms with E-state index in [1.165, 1.54) is 0 Å². The fourth-order valence-corrected chi connectivity index (χ4v) is 1.46. The van der Waals surface area contributed by atoms with Gasteiger partial charge >= 0.3 is 0 Å². The van der Waals surface area contributed by atoms with Crippen LogP contribution in [0.2, 0.25) is 0 Å². The predicted molar refractivity (Wildman–Crippen MR) is 53.0 cm³/mol. The summed E-state index contributed by atoms with van der Waals surface area (Å²) in [6, 6.07) is 3.80. The number of thiocarbonyl (C=S) groups is 1. The van der Waals surface area contributed by atoms with Gasteiger partial charge in [-0.25, -0.2) is 0 Å². The van der Waals surface area contributed by atoms with Crippen LogP contribution in [0.3, 0.4) is 0 Å². The Morgan fingerprint density at radius 1 is 1.42 bits per heavy atom. The molecule has 2 heteroatoms. The van der Waals surface area contributed by atoms with Crippen molar-refractivity contribution in [3.8, 4) is 0 Å². The van der Waals surface area contributed by atoms with Crippen molar-refractivity contribution in [3.63, 3.8) is 0 Å². The van der Waals surface area contributed by atoms with Crippen molar-refractivity contribution in [1.29, 1.82) is 0 Å². The molecule has 0 aliphatic heterocycles. The lowest BCUT2D eigenvalue weighted by atomic mass is 10.0. The molecule has 0 bridgehead atoms. The van der Waals surface area contributed by atoms with Gasteiger partial charge in [0.1, 0.15) is 5.76 Å². The molecule has 2 rings (SSSR count). The number of rotatable bonds is 1. The zero-order chi connectivity index (χ0) is 8.39.